The summed E-state index contributed by atoms with van der Waals surface area (Å²) in [6, 6.07) is 20.8. The van der Waals surface area contributed by atoms with E-state index in [9.17, 15) is 9.90 Å². The molecule has 0 bridgehead atoms. The van der Waals surface area contributed by atoms with Crippen LogP contribution in [0.4, 0.5) is 0 Å². The molecule has 0 aliphatic carbocycles. The molecule has 148 valence electrons. The van der Waals surface area contributed by atoms with Crippen LogP contribution in [0.15, 0.2) is 72.8 Å². The van der Waals surface area contributed by atoms with Gasteiger partial charge in [0.1, 0.15) is 6.10 Å². The third-order valence-electron chi connectivity index (χ3n) is 4.80. The number of esters is 1. The van der Waals surface area contributed by atoms with E-state index in [4.69, 9.17) is 16.3 Å². The molecular weight excluding hydrogens is 384 g/mol. The van der Waals surface area contributed by atoms with E-state index in [1.54, 1.807) is 18.2 Å². The minimum absolute atomic E-state index is 0.421. The van der Waals surface area contributed by atoms with Gasteiger partial charge >= 0.3 is 5.97 Å². The molecule has 0 fully saturated rings. The van der Waals surface area contributed by atoms with Crippen molar-refractivity contribution in [1.29, 1.82) is 0 Å². The molecular formula is C25H23ClO3. The number of carbonyl (C=O) groups is 1. The number of benzene rings is 3. The van der Waals surface area contributed by atoms with Gasteiger partial charge in [0.25, 0.3) is 0 Å². The quantitative estimate of drug-likeness (QED) is 0.528. The number of halogens is 1. The van der Waals surface area contributed by atoms with Gasteiger partial charge in [0.15, 0.2) is 0 Å². The van der Waals surface area contributed by atoms with Gasteiger partial charge in [-0.05, 0) is 47.7 Å². The average Bonchev–Trinajstić information content (AvgIpc) is 2.74. The fourth-order valence-corrected chi connectivity index (χ4v) is 3.36. The van der Waals surface area contributed by atoms with Gasteiger partial charge in [0, 0.05) is 5.02 Å². The van der Waals surface area contributed by atoms with Crippen molar-refractivity contribution >= 4 is 23.6 Å². The molecule has 0 saturated carbocycles. The van der Waals surface area contributed by atoms with Crippen LogP contribution in [-0.2, 0) is 11.2 Å². The van der Waals surface area contributed by atoms with E-state index in [1.807, 2.05) is 67.6 Å². The Hall–Kier alpha value is -2.88. The van der Waals surface area contributed by atoms with Gasteiger partial charge in [-0.1, -0.05) is 83.9 Å². The predicted molar refractivity (Wildman–Crippen MR) is 117 cm³/mol. The summed E-state index contributed by atoms with van der Waals surface area (Å²) in [6.45, 7) is 2.02. The minimum Gasteiger partial charge on any atom is -0.465 e. The Morgan fingerprint density at radius 2 is 1.83 bits per heavy atom. The highest BCUT2D eigenvalue weighted by molar-refractivity contribution is 6.31. The first-order valence-corrected chi connectivity index (χ1v) is 9.74. The fourth-order valence-electron chi connectivity index (χ4n) is 3.19. The first-order valence-electron chi connectivity index (χ1n) is 9.36. The summed E-state index contributed by atoms with van der Waals surface area (Å²) >= 11 is 6.01. The standard InChI is InChI=1S/C25H23ClO3/c1-17-10-12-20(13-11-17)24(27)22-9-4-3-6-18(22)7-5-8-19-14-15-21(26)16-23(19)25(28)29-2/h3-6,8-16,24,27H,7H2,1-2H3/b8-5+. The van der Waals surface area contributed by atoms with Crippen LogP contribution in [0.2, 0.25) is 5.02 Å². The summed E-state index contributed by atoms with van der Waals surface area (Å²) in [4.78, 5) is 12.0. The molecule has 1 unspecified atom stereocenters. The van der Waals surface area contributed by atoms with Crippen molar-refractivity contribution in [3.63, 3.8) is 0 Å². The van der Waals surface area contributed by atoms with Gasteiger partial charge in [-0.2, -0.15) is 0 Å². The van der Waals surface area contributed by atoms with Crippen molar-refractivity contribution in [2.45, 2.75) is 19.4 Å². The minimum atomic E-state index is -0.693. The maximum absolute atomic E-state index is 12.0. The summed E-state index contributed by atoms with van der Waals surface area (Å²) < 4.78 is 4.84. The van der Waals surface area contributed by atoms with Crippen molar-refractivity contribution < 1.29 is 14.6 Å². The fraction of sp³-hybridized carbons (Fsp3) is 0.160. The molecule has 3 aromatic carbocycles. The lowest BCUT2D eigenvalue weighted by atomic mass is 9.94. The van der Waals surface area contributed by atoms with E-state index in [0.29, 0.717) is 17.0 Å². The number of methoxy groups -OCH3 is 1. The Morgan fingerprint density at radius 1 is 1.10 bits per heavy atom. The molecule has 4 heteroatoms. The second kappa shape index (κ2) is 9.55. The largest absolute Gasteiger partial charge is 0.465 e. The number of aryl methyl sites for hydroxylation is 1. The van der Waals surface area contributed by atoms with Gasteiger partial charge in [0.2, 0.25) is 0 Å². The first kappa shape index (κ1) is 20.8. The zero-order valence-electron chi connectivity index (χ0n) is 16.4. The Morgan fingerprint density at radius 3 is 2.55 bits per heavy atom. The summed E-state index contributed by atoms with van der Waals surface area (Å²) in [5.74, 6) is -0.428. The van der Waals surface area contributed by atoms with E-state index in [1.165, 1.54) is 7.11 Å². The molecule has 0 amide bonds. The maximum atomic E-state index is 12.0. The monoisotopic (exact) mass is 406 g/mol. The highest BCUT2D eigenvalue weighted by Gasteiger charge is 2.14. The highest BCUT2D eigenvalue weighted by Crippen LogP contribution is 2.26. The summed E-state index contributed by atoms with van der Waals surface area (Å²) in [5.41, 5.74) is 5.05. The molecule has 0 aliphatic heterocycles. The van der Waals surface area contributed by atoms with Gasteiger partial charge in [-0.3, -0.25) is 0 Å². The third-order valence-corrected chi connectivity index (χ3v) is 5.03. The molecule has 3 rings (SSSR count). The van der Waals surface area contributed by atoms with Gasteiger partial charge in [-0.15, -0.1) is 0 Å². The summed E-state index contributed by atoms with van der Waals surface area (Å²) in [5, 5.41) is 11.3. The van der Waals surface area contributed by atoms with Crippen molar-refractivity contribution in [1.82, 2.24) is 0 Å². The van der Waals surface area contributed by atoms with Crippen molar-refractivity contribution in [3.8, 4) is 0 Å². The molecule has 3 aromatic rings. The lowest BCUT2D eigenvalue weighted by Gasteiger charge is -2.15. The van der Waals surface area contributed by atoms with E-state index < -0.39 is 12.1 Å². The number of ether oxygens (including phenoxy) is 1. The van der Waals surface area contributed by atoms with E-state index >= 15 is 0 Å². The molecule has 0 spiro atoms. The molecule has 0 saturated heterocycles. The van der Waals surface area contributed by atoms with Crippen LogP contribution in [0.1, 0.15) is 44.3 Å². The Kier molecular flexibility index (Phi) is 6.86. The number of aliphatic hydroxyl groups excluding tert-OH is 1. The van der Waals surface area contributed by atoms with Crippen LogP contribution in [0, 0.1) is 6.92 Å². The van der Waals surface area contributed by atoms with E-state index in [-0.39, 0.29) is 0 Å². The molecule has 0 aliphatic rings. The number of rotatable bonds is 6. The summed E-state index contributed by atoms with van der Waals surface area (Å²) in [6.07, 6.45) is 3.76. The topological polar surface area (TPSA) is 46.5 Å². The smallest absolute Gasteiger partial charge is 0.338 e. The van der Waals surface area contributed by atoms with Gasteiger partial charge in [0.05, 0.1) is 12.7 Å². The highest BCUT2D eigenvalue weighted by atomic mass is 35.5. The molecule has 0 aromatic heterocycles. The molecule has 1 N–H and O–H groups in total. The van der Waals surface area contributed by atoms with Crippen LogP contribution in [0.3, 0.4) is 0 Å². The Labute approximate surface area is 176 Å². The third kappa shape index (κ3) is 5.14. The van der Waals surface area contributed by atoms with E-state index in [2.05, 4.69) is 0 Å². The van der Waals surface area contributed by atoms with Gasteiger partial charge in [-0.25, -0.2) is 4.79 Å². The van der Waals surface area contributed by atoms with Crippen LogP contribution in [0.25, 0.3) is 6.08 Å². The molecule has 29 heavy (non-hydrogen) atoms. The lowest BCUT2D eigenvalue weighted by molar-refractivity contribution is 0.0600. The van der Waals surface area contributed by atoms with Gasteiger partial charge < -0.3 is 9.84 Å². The Balaban J connectivity index is 1.84. The first-order chi connectivity index (χ1) is 14.0. The number of hydrogen-bond acceptors (Lipinski definition) is 3. The van der Waals surface area contributed by atoms with Crippen LogP contribution >= 0.6 is 11.6 Å². The number of hydrogen-bond donors (Lipinski definition) is 1. The van der Waals surface area contributed by atoms with E-state index in [0.717, 1.165) is 27.8 Å². The van der Waals surface area contributed by atoms with Crippen LogP contribution in [-0.4, -0.2) is 18.2 Å². The molecule has 0 heterocycles. The molecule has 0 radical (unpaired) electrons. The van der Waals surface area contributed by atoms with Crippen LogP contribution < -0.4 is 0 Å². The SMILES string of the molecule is COC(=O)c1cc(Cl)ccc1/C=C/Cc1ccccc1C(O)c1ccc(C)cc1. The molecule has 1 atom stereocenters. The molecule has 3 nitrogen and oxygen atoms in total. The average molecular weight is 407 g/mol. The number of aliphatic hydroxyl groups is 1. The zero-order chi connectivity index (χ0) is 20.8. The lowest BCUT2D eigenvalue weighted by Crippen LogP contribution is -2.04. The maximum Gasteiger partial charge on any atom is 0.338 e. The predicted octanol–water partition coefficient (Wildman–Crippen LogP) is 5.77. The zero-order valence-corrected chi connectivity index (χ0v) is 17.2. The van der Waals surface area contributed by atoms with Crippen molar-refractivity contribution in [2.75, 3.05) is 7.11 Å². The van der Waals surface area contributed by atoms with Crippen molar-refractivity contribution in [2.24, 2.45) is 0 Å². The summed E-state index contributed by atoms with van der Waals surface area (Å²) in [7, 11) is 1.35. The number of carbonyl (C=O) groups excluding carboxylic acids is 1. The van der Waals surface area contributed by atoms with Crippen LogP contribution in [0.5, 0.6) is 0 Å². The Bertz CT molecular complexity index is 1020. The number of allylic oxidation sites excluding steroid dienone is 1. The van der Waals surface area contributed by atoms with Crippen molar-refractivity contribution in [3.05, 3.63) is 111 Å². The second-order valence-electron chi connectivity index (χ2n) is 6.84. The normalized spacial score (nSPS) is 12.1. The second-order valence-corrected chi connectivity index (χ2v) is 7.28.